The molecule has 1 atom stereocenters. The highest BCUT2D eigenvalue weighted by Gasteiger charge is 2.15. The van der Waals surface area contributed by atoms with E-state index in [0.29, 0.717) is 12.5 Å². The third-order valence-electron chi connectivity index (χ3n) is 3.18. The molecule has 0 bridgehead atoms. The van der Waals surface area contributed by atoms with Gasteiger partial charge < -0.3 is 10.6 Å². The van der Waals surface area contributed by atoms with E-state index < -0.39 is 0 Å². The fraction of sp³-hybridized carbons (Fsp3) is 0.538. The van der Waals surface area contributed by atoms with Gasteiger partial charge in [-0.1, -0.05) is 0 Å². The summed E-state index contributed by atoms with van der Waals surface area (Å²) >= 11 is 0. The number of hydrogen-bond donors (Lipinski definition) is 2. The van der Waals surface area contributed by atoms with Gasteiger partial charge in [0.2, 0.25) is 5.91 Å². The van der Waals surface area contributed by atoms with Crippen LogP contribution in [0.25, 0.3) is 0 Å². The number of nitrogens with one attached hydrogen (secondary N) is 2. The number of anilines is 1. The van der Waals surface area contributed by atoms with Gasteiger partial charge in [-0.15, -0.1) is 0 Å². The summed E-state index contributed by atoms with van der Waals surface area (Å²) in [5.41, 5.74) is 1.87. The molecule has 1 unspecified atom stereocenters. The van der Waals surface area contributed by atoms with Crippen molar-refractivity contribution < 1.29 is 4.79 Å². The predicted molar refractivity (Wildman–Crippen MR) is 67.9 cm³/mol. The van der Waals surface area contributed by atoms with E-state index in [1.54, 1.807) is 12.4 Å². The fourth-order valence-corrected chi connectivity index (χ4v) is 2.13. The van der Waals surface area contributed by atoms with Crippen LogP contribution in [-0.2, 0) is 4.79 Å². The lowest BCUT2D eigenvalue weighted by molar-refractivity contribution is -0.116. The second-order valence-corrected chi connectivity index (χ2v) is 4.57. The highest BCUT2D eigenvalue weighted by molar-refractivity contribution is 5.91. The molecule has 2 N–H and O–H groups in total. The van der Waals surface area contributed by atoms with Crippen LogP contribution in [0.4, 0.5) is 5.69 Å². The fourth-order valence-electron chi connectivity index (χ4n) is 2.13. The molecule has 92 valence electrons. The molecule has 1 aliphatic rings. The molecule has 1 aromatic heterocycles. The summed E-state index contributed by atoms with van der Waals surface area (Å²) in [6.45, 7) is 3.04. The minimum atomic E-state index is 0.0907. The van der Waals surface area contributed by atoms with Crippen LogP contribution in [-0.4, -0.2) is 23.5 Å². The summed E-state index contributed by atoms with van der Waals surface area (Å²) < 4.78 is 0. The average molecular weight is 233 g/mol. The predicted octanol–water partition coefficient (Wildman–Crippen LogP) is 1.86. The zero-order valence-electron chi connectivity index (χ0n) is 10.2. The van der Waals surface area contributed by atoms with E-state index in [2.05, 4.69) is 15.6 Å². The normalized spacial score (nSPS) is 19.2. The Morgan fingerprint density at radius 2 is 2.53 bits per heavy atom. The quantitative estimate of drug-likeness (QED) is 0.834. The molecule has 17 heavy (non-hydrogen) atoms. The maximum atomic E-state index is 11.8. The second kappa shape index (κ2) is 5.77. The Bertz CT molecular complexity index is 386. The summed E-state index contributed by atoms with van der Waals surface area (Å²) in [5.74, 6) is 0.0907. The molecular weight excluding hydrogens is 214 g/mol. The smallest absolute Gasteiger partial charge is 0.224 e. The Balaban J connectivity index is 1.79. The van der Waals surface area contributed by atoms with Crippen molar-refractivity contribution in [2.75, 3.05) is 11.9 Å². The standard InChI is InChI=1S/C13H19N3O/c1-10-9-14-8-6-12(10)16-13(17)5-4-11-3-2-7-15-11/h6,8-9,11,15H,2-5,7H2,1H3,(H,14,16,17). The van der Waals surface area contributed by atoms with Crippen molar-refractivity contribution in [2.45, 2.75) is 38.6 Å². The van der Waals surface area contributed by atoms with Gasteiger partial charge in [-0.3, -0.25) is 9.78 Å². The zero-order valence-corrected chi connectivity index (χ0v) is 10.2. The number of aryl methyl sites for hydroxylation is 1. The number of amides is 1. The molecule has 0 spiro atoms. The molecule has 2 heterocycles. The Morgan fingerprint density at radius 1 is 1.65 bits per heavy atom. The topological polar surface area (TPSA) is 54.0 Å². The highest BCUT2D eigenvalue weighted by atomic mass is 16.1. The Kier molecular flexibility index (Phi) is 4.09. The van der Waals surface area contributed by atoms with Gasteiger partial charge in [0.15, 0.2) is 0 Å². The van der Waals surface area contributed by atoms with Crippen LogP contribution in [0.5, 0.6) is 0 Å². The number of carbonyl (C=O) groups is 1. The van der Waals surface area contributed by atoms with Gasteiger partial charge in [0, 0.05) is 30.5 Å². The lowest BCUT2D eigenvalue weighted by atomic mass is 10.1. The lowest BCUT2D eigenvalue weighted by Crippen LogP contribution is -2.23. The molecule has 0 aromatic carbocycles. The summed E-state index contributed by atoms with van der Waals surface area (Å²) in [6.07, 6.45) is 7.39. The largest absolute Gasteiger partial charge is 0.326 e. The third kappa shape index (κ3) is 3.53. The zero-order chi connectivity index (χ0) is 12.1. The van der Waals surface area contributed by atoms with Crippen molar-refractivity contribution >= 4 is 11.6 Å². The van der Waals surface area contributed by atoms with E-state index >= 15 is 0 Å². The molecule has 1 aromatic rings. The molecule has 0 saturated carbocycles. The van der Waals surface area contributed by atoms with Crippen molar-refractivity contribution in [1.29, 1.82) is 0 Å². The number of carbonyl (C=O) groups excluding carboxylic acids is 1. The first kappa shape index (κ1) is 12.0. The van der Waals surface area contributed by atoms with Gasteiger partial charge in [-0.25, -0.2) is 0 Å². The molecule has 1 amide bonds. The number of pyridine rings is 1. The van der Waals surface area contributed by atoms with Crippen LogP contribution in [0.15, 0.2) is 18.5 Å². The number of hydrogen-bond acceptors (Lipinski definition) is 3. The molecule has 1 aliphatic heterocycles. The number of nitrogens with zero attached hydrogens (tertiary/aromatic N) is 1. The summed E-state index contributed by atoms with van der Waals surface area (Å²) in [5, 5.41) is 6.32. The van der Waals surface area contributed by atoms with E-state index in [-0.39, 0.29) is 5.91 Å². The van der Waals surface area contributed by atoms with Crippen LogP contribution >= 0.6 is 0 Å². The Labute approximate surface area is 102 Å². The van der Waals surface area contributed by atoms with Gasteiger partial charge in [0.25, 0.3) is 0 Å². The van der Waals surface area contributed by atoms with Crippen molar-refractivity contribution in [3.8, 4) is 0 Å². The van der Waals surface area contributed by atoms with E-state index in [4.69, 9.17) is 0 Å². The second-order valence-electron chi connectivity index (χ2n) is 4.57. The van der Waals surface area contributed by atoms with Gasteiger partial charge >= 0.3 is 0 Å². The number of aromatic nitrogens is 1. The van der Waals surface area contributed by atoms with Gasteiger partial charge in [0.05, 0.1) is 0 Å². The van der Waals surface area contributed by atoms with Gasteiger partial charge in [0.1, 0.15) is 0 Å². The van der Waals surface area contributed by atoms with E-state index in [9.17, 15) is 4.79 Å². The van der Waals surface area contributed by atoms with E-state index in [1.807, 2.05) is 13.0 Å². The molecule has 2 rings (SSSR count). The molecule has 1 saturated heterocycles. The highest BCUT2D eigenvalue weighted by Crippen LogP contribution is 2.14. The molecular formula is C13H19N3O. The molecule has 4 heteroatoms. The SMILES string of the molecule is Cc1cnccc1NC(=O)CCC1CCCN1. The minimum absolute atomic E-state index is 0.0907. The monoisotopic (exact) mass is 233 g/mol. The molecule has 4 nitrogen and oxygen atoms in total. The lowest BCUT2D eigenvalue weighted by Gasteiger charge is -2.11. The first-order valence-electron chi connectivity index (χ1n) is 6.19. The number of rotatable bonds is 4. The minimum Gasteiger partial charge on any atom is -0.326 e. The van der Waals surface area contributed by atoms with Crippen molar-refractivity contribution in [3.05, 3.63) is 24.0 Å². The summed E-state index contributed by atoms with van der Waals surface area (Å²) in [6, 6.07) is 2.36. The third-order valence-corrected chi connectivity index (χ3v) is 3.18. The van der Waals surface area contributed by atoms with Crippen LogP contribution in [0.2, 0.25) is 0 Å². The van der Waals surface area contributed by atoms with Crippen LogP contribution in [0, 0.1) is 6.92 Å². The molecule has 1 fully saturated rings. The van der Waals surface area contributed by atoms with Crippen molar-refractivity contribution in [3.63, 3.8) is 0 Å². The Morgan fingerprint density at radius 3 is 3.24 bits per heavy atom. The average Bonchev–Trinajstić information content (AvgIpc) is 2.82. The maximum absolute atomic E-state index is 11.8. The van der Waals surface area contributed by atoms with Crippen LogP contribution in [0.1, 0.15) is 31.2 Å². The van der Waals surface area contributed by atoms with E-state index in [0.717, 1.165) is 24.2 Å². The maximum Gasteiger partial charge on any atom is 0.224 e. The molecule has 0 aliphatic carbocycles. The Hall–Kier alpha value is -1.42. The van der Waals surface area contributed by atoms with Gasteiger partial charge in [-0.05, 0) is 44.4 Å². The van der Waals surface area contributed by atoms with Gasteiger partial charge in [-0.2, -0.15) is 0 Å². The van der Waals surface area contributed by atoms with Crippen LogP contribution in [0.3, 0.4) is 0 Å². The summed E-state index contributed by atoms with van der Waals surface area (Å²) in [7, 11) is 0. The van der Waals surface area contributed by atoms with Crippen LogP contribution < -0.4 is 10.6 Å². The summed E-state index contributed by atoms with van der Waals surface area (Å²) in [4.78, 5) is 15.8. The first-order valence-corrected chi connectivity index (χ1v) is 6.19. The van der Waals surface area contributed by atoms with Crippen molar-refractivity contribution in [1.82, 2.24) is 10.3 Å². The first-order chi connectivity index (χ1) is 8.25. The van der Waals surface area contributed by atoms with E-state index in [1.165, 1.54) is 12.8 Å². The van der Waals surface area contributed by atoms with Crippen molar-refractivity contribution in [2.24, 2.45) is 0 Å². The molecule has 0 radical (unpaired) electrons.